The Kier molecular flexibility index (Phi) is 4.56. The van der Waals surface area contributed by atoms with E-state index in [9.17, 15) is 13.2 Å². The fraction of sp³-hybridized carbons (Fsp3) is 0.364. The fourth-order valence-electron chi connectivity index (χ4n) is 4.54. The number of hydrogen-bond acceptors (Lipinski definition) is 5. The summed E-state index contributed by atoms with van der Waals surface area (Å²) >= 11 is 0. The molecule has 31 heavy (non-hydrogen) atoms. The van der Waals surface area contributed by atoms with Gasteiger partial charge in [0.2, 0.25) is 10.0 Å². The molecule has 1 atom stereocenters. The lowest BCUT2D eigenvalue weighted by atomic mass is 10.2. The smallest absolute Gasteiger partial charge is 0.408 e. The number of rotatable bonds is 4. The Hall–Kier alpha value is -2.91. The van der Waals surface area contributed by atoms with E-state index in [1.54, 1.807) is 13.1 Å². The second kappa shape index (κ2) is 7.06. The van der Waals surface area contributed by atoms with E-state index < -0.39 is 15.8 Å². The molecule has 0 N–H and O–H groups in total. The first-order valence-corrected chi connectivity index (χ1v) is 11.8. The molecule has 1 unspecified atom stereocenters. The number of fused-ring (bicyclic) bond motifs is 2. The number of hydrogen-bond donors (Lipinski definition) is 0. The number of sulfonamides is 1. The van der Waals surface area contributed by atoms with E-state index in [4.69, 9.17) is 9.40 Å². The maximum atomic E-state index is 13.6. The van der Waals surface area contributed by atoms with Crippen LogP contribution in [-0.2, 0) is 17.1 Å². The van der Waals surface area contributed by atoms with Crippen LogP contribution in [0.3, 0.4) is 0 Å². The topological polar surface area (TPSA) is 90.3 Å². The molecule has 162 valence electrons. The first-order valence-electron chi connectivity index (χ1n) is 10.4. The van der Waals surface area contributed by atoms with Gasteiger partial charge in [0.25, 0.3) is 0 Å². The Balaban J connectivity index is 1.62. The molecule has 0 radical (unpaired) electrons. The molecule has 1 aliphatic rings. The molecule has 3 heterocycles. The van der Waals surface area contributed by atoms with Gasteiger partial charge in [-0.25, -0.2) is 18.2 Å². The van der Waals surface area contributed by atoms with Crippen LogP contribution in [0, 0.1) is 0 Å². The second-order valence-corrected chi connectivity index (χ2v) is 10.1. The van der Waals surface area contributed by atoms with Crippen LogP contribution in [0.4, 0.5) is 0 Å². The van der Waals surface area contributed by atoms with Crippen LogP contribution in [0.2, 0.25) is 0 Å². The zero-order valence-electron chi connectivity index (χ0n) is 17.6. The largest absolute Gasteiger partial charge is 0.419 e. The van der Waals surface area contributed by atoms with Gasteiger partial charge in [-0.05, 0) is 51.0 Å². The zero-order chi connectivity index (χ0) is 21.9. The molecule has 2 aromatic carbocycles. The third-order valence-electron chi connectivity index (χ3n) is 6.01. The van der Waals surface area contributed by atoms with Crippen molar-refractivity contribution in [1.29, 1.82) is 0 Å². The lowest BCUT2D eigenvalue weighted by Gasteiger charge is -2.25. The normalized spacial score (nSPS) is 18.0. The van der Waals surface area contributed by atoms with E-state index in [0.717, 1.165) is 23.3 Å². The van der Waals surface area contributed by atoms with Crippen molar-refractivity contribution < 1.29 is 12.8 Å². The Morgan fingerprint density at radius 3 is 2.68 bits per heavy atom. The van der Waals surface area contributed by atoms with E-state index >= 15 is 0 Å². The van der Waals surface area contributed by atoms with Crippen LogP contribution < -0.4 is 5.76 Å². The quantitative estimate of drug-likeness (QED) is 0.484. The third-order valence-corrected chi connectivity index (χ3v) is 7.92. The highest BCUT2D eigenvalue weighted by Crippen LogP contribution is 2.38. The minimum absolute atomic E-state index is 0.119. The molecule has 5 rings (SSSR count). The van der Waals surface area contributed by atoms with Crippen LogP contribution in [0.5, 0.6) is 0 Å². The van der Waals surface area contributed by atoms with Gasteiger partial charge in [0.05, 0.1) is 27.5 Å². The van der Waals surface area contributed by atoms with Gasteiger partial charge < -0.3 is 8.98 Å². The number of oxazole rings is 1. The summed E-state index contributed by atoms with van der Waals surface area (Å²) in [5.74, 6) is 0.249. The predicted octanol–water partition coefficient (Wildman–Crippen LogP) is 3.59. The SMILES string of the molecule is CC(C)n1c(C2CCCN2S(=O)(=O)c2ccc3c(c2)oc(=O)n3C)nc2ccccc21. The van der Waals surface area contributed by atoms with Crippen molar-refractivity contribution in [2.45, 2.75) is 43.7 Å². The van der Waals surface area contributed by atoms with Gasteiger partial charge in [-0.3, -0.25) is 4.57 Å². The van der Waals surface area contributed by atoms with Crippen molar-refractivity contribution in [3.8, 4) is 0 Å². The molecule has 0 saturated carbocycles. The summed E-state index contributed by atoms with van der Waals surface area (Å²) in [6, 6.07) is 12.3. The highest BCUT2D eigenvalue weighted by molar-refractivity contribution is 7.89. The first kappa shape index (κ1) is 20.0. The van der Waals surface area contributed by atoms with Crippen molar-refractivity contribution >= 4 is 32.2 Å². The third kappa shape index (κ3) is 3.02. The molecule has 4 aromatic rings. The minimum Gasteiger partial charge on any atom is -0.408 e. The Morgan fingerprint density at radius 1 is 1.13 bits per heavy atom. The molecule has 0 bridgehead atoms. The second-order valence-electron chi connectivity index (χ2n) is 8.25. The molecular weight excluding hydrogens is 416 g/mol. The number of aromatic nitrogens is 3. The van der Waals surface area contributed by atoms with E-state index in [1.807, 2.05) is 24.3 Å². The maximum Gasteiger partial charge on any atom is 0.419 e. The van der Waals surface area contributed by atoms with Crippen LogP contribution in [0.1, 0.15) is 44.6 Å². The number of para-hydroxylation sites is 2. The first-order chi connectivity index (χ1) is 14.8. The van der Waals surface area contributed by atoms with Crippen LogP contribution >= 0.6 is 0 Å². The summed E-state index contributed by atoms with van der Waals surface area (Å²) in [6.45, 7) is 4.58. The van der Waals surface area contributed by atoms with Gasteiger partial charge in [0.1, 0.15) is 5.82 Å². The van der Waals surface area contributed by atoms with Crippen molar-refractivity contribution in [2.24, 2.45) is 7.05 Å². The number of benzene rings is 2. The Labute approximate surface area is 179 Å². The number of imidazole rings is 1. The monoisotopic (exact) mass is 440 g/mol. The van der Waals surface area contributed by atoms with Crippen molar-refractivity contribution in [3.63, 3.8) is 0 Å². The average Bonchev–Trinajstić information content (AvgIpc) is 3.43. The summed E-state index contributed by atoms with van der Waals surface area (Å²) < 4.78 is 37.5. The van der Waals surface area contributed by atoms with Gasteiger partial charge in [0, 0.05) is 25.7 Å². The molecule has 0 spiro atoms. The zero-order valence-corrected chi connectivity index (χ0v) is 18.5. The van der Waals surface area contributed by atoms with Crippen LogP contribution in [-0.4, -0.2) is 33.4 Å². The molecule has 8 nitrogen and oxygen atoms in total. The van der Waals surface area contributed by atoms with Crippen molar-refractivity contribution in [3.05, 3.63) is 58.8 Å². The van der Waals surface area contributed by atoms with E-state index in [0.29, 0.717) is 18.5 Å². The molecule has 1 saturated heterocycles. The molecule has 9 heteroatoms. The fourth-order valence-corrected chi connectivity index (χ4v) is 6.21. The van der Waals surface area contributed by atoms with Gasteiger partial charge >= 0.3 is 5.76 Å². The summed E-state index contributed by atoms with van der Waals surface area (Å²) in [5.41, 5.74) is 2.69. The van der Waals surface area contributed by atoms with Gasteiger partial charge in [-0.2, -0.15) is 4.31 Å². The van der Waals surface area contributed by atoms with Gasteiger partial charge in [-0.15, -0.1) is 0 Å². The number of aryl methyl sites for hydroxylation is 1. The summed E-state index contributed by atoms with van der Waals surface area (Å²) in [7, 11) is -2.21. The molecule has 0 aliphatic carbocycles. The highest BCUT2D eigenvalue weighted by atomic mass is 32.2. The Morgan fingerprint density at radius 2 is 1.90 bits per heavy atom. The molecule has 0 amide bonds. The summed E-state index contributed by atoms with van der Waals surface area (Å²) in [4.78, 5) is 16.8. The van der Waals surface area contributed by atoms with Gasteiger partial charge in [-0.1, -0.05) is 12.1 Å². The molecule has 2 aromatic heterocycles. The highest BCUT2D eigenvalue weighted by Gasteiger charge is 2.39. The van der Waals surface area contributed by atoms with E-state index in [2.05, 4.69) is 18.4 Å². The minimum atomic E-state index is -3.80. The van der Waals surface area contributed by atoms with E-state index in [1.165, 1.54) is 21.0 Å². The Bertz CT molecular complexity index is 1460. The van der Waals surface area contributed by atoms with Crippen molar-refractivity contribution in [2.75, 3.05) is 6.54 Å². The van der Waals surface area contributed by atoms with E-state index in [-0.39, 0.29) is 22.6 Å². The summed E-state index contributed by atoms with van der Waals surface area (Å²) in [5, 5.41) is 0. The standard InChI is InChI=1S/C22H24N4O4S/c1-14(2)26-17-8-5-4-7-16(17)23-21(26)19-9-6-12-25(19)31(28,29)15-10-11-18-20(13-15)30-22(27)24(18)3/h4-5,7-8,10-11,13-14,19H,6,9,12H2,1-3H3. The summed E-state index contributed by atoms with van der Waals surface area (Å²) in [6.07, 6.45) is 1.46. The molecule has 1 aliphatic heterocycles. The van der Waals surface area contributed by atoms with Crippen LogP contribution in [0.15, 0.2) is 56.6 Å². The average molecular weight is 441 g/mol. The lowest BCUT2D eigenvalue weighted by molar-refractivity contribution is 0.368. The van der Waals surface area contributed by atoms with Crippen LogP contribution in [0.25, 0.3) is 22.1 Å². The maximum absolute atomic E-state index is 13.6. The molecular formula is C22H24N4O4S. The predicted molar refractivity (Wildman–Crippen MR) is 117 cm³/mol. The lowest BCUT2D eigenvalue weighted by Crippen LogP contribution is -2.32. The van der Waals surface area contributed by atoms with Crippen molar-refractivity contribution in [1.82, 2.24) is 18.4 Å². The van der Waals surface area contributed by atoms with Gasteiger partial charge in [0.15, 0.2) is 5.58 Å². The molecule has 1 fully saturated rings. The number of nitrogens with zero attached hydrogens (tertiary/aromatic N) is 4.